The summed E-state index contributed by atoms with van der Waals surface area (Å²) in [6, 6.07) is 9.71. The van der Waals surface area contributed by atoms with Gasteiger partial charge in [-0.1, -0.05) is 0 Å². The van der Waals surface area contributed by atoms with E-state index in [-0.39, 0.29) is 11.1 Å². The number of carbonyl (C=O) groups is 1. The number of aromatic amines is 1. The molecule has 0 aliphatic heterocycles. The number of amides is 1. The topological polar surface area (TPSA) is 81.6 Å². The molecule has 0 fully saturated rings. The Labute approximate surface area is 131 Å². The van der Waals surface area contributed by atoms with E-state index in [1.54, 1.807) is 25.1 Å². The van der Waals surface area contributed by atoms with Crippen LogP contribution in [0.4, 0.5) is 10.1 Å². The second-order valence-corrected chi connectivity index (χ2v) is 5.23. The van der Waals surface area contributed by atoms with Crippen molar-refractivity contribution in [2.45, 2.75) is 13.8 Å². The minimum Gasteiger partial charge on any atom is -0.322 e. The molecule has 2 N–H and O–H groups in total. The first kappa shape index (κ1) is 14.7. The summed E-state index contributed by atoms with van der Waals surface area (Å²) in [6.07, 6.45) is 0. The average Bonchev–Trinajstić information content (AvgIpc) is 2.89. The van der Waals surface area contributed by atoms with E-state index in [1.165, 1.54) is 6.07 Å². The monoisotopic (exact) mass is 308 g/mol. The predicted molar refractivity (Wildman–Crippen MR) is 84.6 cm³/mol. The molecule has 0 aliphatic carbocycles. The molecule has 0 saturated carbocycles. The van der Waals surface area contributed by atoms with Crippen LogP contribution in [0.5, 0.6) is 0 Å². The van der Waals surface area contributed by atoms with E-state index in [0.29, 0.717) is 11.3 Å². The summed E-state index contributed by atoms with van der Waals surface area (Å²) in [5.74, 6) is -1.24. The summed E-state index contributed by atoms with van der Waals surface area (Å²) in [4.78, 5) is 12.4. The Morgan fingerprint density at radius 3 is 2.83 bits per heavy atom. The van der Waals surface area contributed by atoms with Gasteiger partial charge in [-0.3, -0.25) is 9.89 Å². The van der Waals surface area contributed by atoms with Crippen LogP contribution in [0.3, 0.4) is 0 Å². The Bertz CT molecular complexity index is 969. The number of aryl methyl sites for hydroxylation is 1. The lowest BCUT2D eigenvalue weighted by atomic mass is 10.0. The Morgan fingerprint density at radius 2 is 2.09 bits per heavy atom. The number of nitrogens with zero attached hydrogens (tertiary/aromatic N) is 2. The highest BCUT2D eigenvalue weighted by molar-refractivity contribution is 6.06. The summed E-state index contributed by atoms with van der Waals surface area (Å²) in [5, 5.41) is 19.5. The number of anilines is 1. The number of halogens is 1. The maximum absolute atomic E-state index is 14.0. The molecule has 0 spiro atoms. The van der Waals surface area contributed by atoms with E-state index < -0.39 is 11.7 Å². The van der Waals surface area contributed by atoms with Crippen LogP contribution < -0.4 is 5.32 Å². The Morgan fingerprint density at radius 1 is 1.30 bits per heavy atom. The lowest BCUT2D eigenvalue weighted by molar-refractivity contribution is 0.102. The van der Waals surface area contributed by atoms with Crippen LogP contribution >= 0.6 is 0 Å². The lowest BCUT2D eigenvalue weighted by Crippen LogP contribution is -2.16. The van der Waals surface area contributed by atoms with Crippen molar-refractivity contribution in [3.63, 3.8) is 0 Å². The van der Waals surface area contributed by atoms with Gasteiger partial charge >= 0.3 is 0 Å². The quantitative estimate of drug-likeness (QED) is 0.761. The number of rotatable bonds is 2. The van der Waals surface area contributed by atoms with Crippen molar-refractivity contribution in [1.29, 1.82) is 5.26 Å². The van der Waals surface area contributed by atoms with Crippen molar-refractivity contribution >= 4 is 22.5 Å². The third kappa shape index (κ3) is 2.53. The molecule has 1 amide bonds. The fraction of sp³-hybridized carbons (Fsp3) is 0.118. The largest absolute Gasteiger partial charge is 0.322 e. The number of carbonyl (C=O) groups excluding carboxylic acids is 1. The number of fused-ring (bicyclic) bond motifs is 1. The van der Waals surface area contributed by atoms with E-state index in [1.807, 2.05) is 13.0 Å². The van der Waals surface area contributed by atoms with Crippen molar-refractivity contribution in [1.82, 2.24) is 10.2 Å². The molecule has 0 saturated heterocycles. The van der Waals surface area contributed by atoms with Gasteiger partial charge in [-0.15, -0.1) is 0 Å². The molecular weight excluding hydrogens is 295 g/mol. The fourth-order valence-corrected chi connectivity index (χ4v) is 2.50. The zero-order chi connectivity index (χ0) is 16.6. The molecule has 23 heavy (non-hydrogen) atoms. The van der Waals surface area contributed by atoms with Crippen LogP contribution in [0.1, 0.15) is 27.2 Å². The summed E-state index contributed by atoms with van der Waals surface area (Å²) >= 11 is 0. The van der Waals surface area contributed by atoms with Gasteiger partial charge in [0.15, 0.2) is 0 Å². The van der Waals surface area contributed by atoms with Gasteiger partial charge in [-0.2, -0.15) is 10.4 Å². The lowest BCUT2D eigenvalue weighted by Gasteiger charge is -2.10. The van der Waals surface area contributed by atoms with Gasteiger partial charge in [0.05, 0.1) is 28.4 Å². The van der Waals surface area contributed by atoms with Crippen molar-refractivity contribution in [3.8, 4) is 6.07 Å². The predicted octanol–water partition coefficient (Wildman–Crippen LogP) is 3.44. The Balaban J connectivity index is 1.98. The Hall–Kier alpha value is -3.20. The minimum absolute atomic E-state index is 0.118. The molecule has 0 aliphatic rings. The van der Waals surface area contributed by atoms with E-state index in [4.69, 9.17) is 5.26 Å². The van der Waals surface area contributed by atoms with Gasteiger partial charge in [-0.05, 0) is 49.7 Å². The van der Waals surface area contributed by atoms with Crippen molar-refractivity contribution < 1.29 is 9.18 Å². The highest BCUT2D eigenvalue weighted by Gasteiger charge is 2.18. The summed E-state index contributed by atoms with van der Waals surface area (Å²) < 4.78 is 14.0. The number of nitrogens with one attached hydrogen (secondary N) is 2. The van der Waals surface area contributed by atoms with Gasteiger partial charge in [0.25, 0.3) is 5.91 Å². The van der Waals surface area contributed by atoms with E-state index in [9.17, 15) is 9.18 Å². The van der Waals surface area contributed by atoms with Crippen LogP contribution in [0.15, 0.2) is 30.3 Å². The second kappa shape index (κ2) is 5.54. The molecule has 3 aromatic rings. The number of benzene rings is 2. The van der Waals surface area contributed by atoms with E-state index >= 15 is 0 Å². The van der Waals surface area contributed by atoms with E-state index in [2.05, 4.69) is 15.5 Å². The van der Waals surface area contributed by atoms with Crippen LogP contribution in [-0.4, -0.2) is 16.1 Å². The third-order valence-corrected chi connectivity index (χ3v) is 3.77. The number of nitriles is 1. The van der Waals surface area contributed by atoms with Gasteiger partial charge in [0, 0.05) is 11.1 Å². The zero-order valence-electron chi connectivity index (χ0n) is 12.6. The first-order valence-corrected chi connectivity index (χ1v) is 6.96. The minimum atomic E-state index is -0.653. The summed E-state index contributed by atoms with van der Waals surface area (Å²) in [5.41, 5.74) is 2.68. The highest BCUT2D eigenvalue weighted by atomic mass is 19.1. The third-order valence-electron chi connectivity index (χ3n) is 3.77. The summed E-state index contributed by atoms with van der Waals surface area (Å²) in [6.45, 7) is 3.41. The van der Waals surface area contributed by atoms with Crippen LogP contribution in [0.2, 0.25) is 0 Å². The standard InChI is InChI=1S/C17H13FN4O/c1-9-11(8-19)3-5-14(18)16(9)17(23)20-12-4-6-15-13(7-12)10(2)21-22-15/h3-7H,1-2H3,(H,20,23)(H,21,22). The molecule has 1 aromatic heterocycles. The first-order chi connectivity index (χ1) is 11.0. The maximum Gasteiger partial charge on any atom is 0.258 e. The SMILES string of the molecule is Cc1c(C#N)ccc(F)c1C(=O)Nc1ccc2[nH]nc(C)c2c1. The molecule has 114 valence electrons. The second-order valence-electron chi connectivity index (χ2n) is 5.23. The van der Waals surface area contributed by atoms with Crippen LogP contribution in [0, 0.1) is 31.0 Å². The van der Waals surface area contributed by atoms with Crippen molar-refractivity contribution in [2.24, 2.45) is 0 Å². The van der Waals surface area contributed by atoms with Gasteiger partial charge < -0.3 is 5.32 Å². The molecular formula is C17H13FN4O. The Kier molecular flexibility index (Phi) is 3.54. The number of H-pyrrole nitrogens is 1. The molecule has 2 aromatic carbocycles. The van der Waals surface area contributed by atoms with Crippen molar-refractivity contribution in [2.75, 3.05) is 5.32 Å². The molecule has 1 heterocycles. The van der Waals surface area contributed by atoms with Crippen molar-refractivity contribution in [3.05, 3.63) is 58.5 Å². The number of aromatic nitrogens is 2. The highest BCUT2D eigenvalue weighted by Crippen LogP contribution is 2.22. The molecule has 0 atom stereocenters. The molecule has 5 nitrogen and oxygen atoms in total. The maximum atomic E-state index is 14.0. The van der Waals surface area contributed by atoms with Gasteiger partial charge in [0.2, 0.25) is 0 Å². The molecule has 0 unspecified atom stereocenters. The normalized spacial score (nSPS) is 10.5. The van der Waals surface area contributed by atoms with Crippen LogP contribution in [0.25, 0.3) is 10.9 Å². The molecule has 6 heteroatoms. The fourth-order valence-electron chi connectivity index (χ4n) is 2.50. The van der Waals surface area contributed by atoms with Gasteiger partial charge in [0.1, 0.15) is 5.82 Å². The molecule has 3 rings (SSSR count). The van der Waals surface area contributed by atoms with Crippen LogP contribution in [-0.2, 0) is 0 Å². The number of hydrogen-bond acceptors (Lipinski definition) is 3. The zero-order valence-corrected chi connectivity index (χ0v) is 12.6. The first-order valence-electron chi connectivity index (χ1n) is 6.96. The average molecular weight is 308 g/mol. The molecule has 0 bridgehead atoms. The smallest absolute Gasteiger partial charge is 0.258 e. The molecule has 0 radical (unpaired) electrons. The van der Waals surface area contributed by atoms with Gasteiger partial charge in [-0.25, -0.2) is 4.39 Å². The number of hydrogen-bond donors (Lipinski definition) is 2. The van der Waals surface area contributed by atoms with E-state index in [0.717, 1.165) is 22.7 Å². The summed E-state index contributed by atoms with van der Waals surface area (Å²) in [7, 11) is 0.